The average Bonchev–Trinajstić information content (AvgIpc) is 2.45. The number of ether oxygens (including phenoxy) is 2. The summed E-state index contributed by atoms with van der Waals surface area (Å²) < 4.78 is 11.5. The minimum absolute atomic E-state index is 0.231. The minimum Gasteiger partial charge on any atom is -0.494 e. The van der Waals surface area contributed by atoms with Crippen molar-refractivity contribution in [3.8, 4) is 11.5 Å². The van der Waals surface area contributed by atoms with Crippen molar-refractivity contribution in [3.05, 3.63) is 24.3 Å². The van der Waals surface area contributed by atoms with E-state index in [-0.39, 0.29) is 6.10 Å². The number of hydrogen-bond donors (Lipinski definition) is 1. The normalized spacial score (nSPS) is 12.2. The highest BCUT2D eigenvalue weighted by Gasteiger charge is 2.07. The van der Waals surface area contributed by atoms with Crippen LogP contribution in [0.25, 0.3) is 0 Å². The Hall–Kier alpha value is -1.22. The molecule has 0 heterocycles. The van der Waals surface area contributed by atoms with Gasteiger partial charge in [-0.3, -0.25) is 0 Å². The highest BCUT2D eigenvalue weighted by Crippen LogP contribution is 2.19. The van der Waals surface area contributed by atoms with Gasteiger partial charge in [-0.15, -0.1) is 0 Å². The summed E-state index contributed by atoms with van der Waals surface area (Å²) in [6.07, 6.45) is 3.42. The van der Waals surface area contributed by atoms with E-state index in [2.05, 4.69) is 26.1 Å². The van der Waals surface area contributed by atoms with Crippen LogP contribution in [0.3, 0.4) is 0 Å². The highest BCUT2D eigenvalue weighted by molar-refractivity contribution is 5.31. The van der Waals surface area contributed by atoms with Gasteiger partial charge in [0.2, 0.25) is 0 Å². The van der Waals surface area contributed by atoms with E-state index < -0.39 is 0 Å². The van der Waals surface area contributed by atoms with Crippen molar-refractivity contribution in [2.75, 3.05) is 19.7 Å². The summed E-state index contributed by atoms with van der Waals surface area (Å²) in [4.78, 5) is 0. The molecule has 0 saturated heterocycles. The molecule has 19 heavy (non-hydrogen) atoms. The molecule has 1 aromatic carbocycles. The van der Waals surface area contributed by atoms with Gasteiger partial charge in [0, 0.05) is 6.54 Å². The molecule has 0 bridgehead atoms. The second kappa shape index (κ2) is 9.68. The first-order valence-electron chi connectivity index (χ1n) is 7.40. The fourth-order valence-electron chi connectivity index (χ4n) is 1.74. The van der Waals surface area contributed by atoms with Crippen molar-refractivity contribution in [1.82, 2.24) is 5.32 Å². The third kappa shape index (κ3) is 6.48. The van der Waals surface area contributed by atoms with Gasteiger partial charge in [0.1, 0.15) is 17.6 Å². The Morgan fingerprint density at radius 3 is 2.26 bits per heavy atom. The van der Waals surface area contributed by atoms with Gasteiger partial charge in [0.15, 0.2) is 0 Å². The molecular formula is C16H27NO2. The molecule has 3 heteroatoms. The van der Waals surface area contributed by atoms with Crippen LogP contribution in [0.4, 0.5) is 0 Å². The van der Waals surface area contributed by atoms with Crippen LogP contribution in [0.2, 0.25) is 0 Å². The van der Waals surface area contributed by atoms with Crippen LogP contribution in [0.5, 0.6) is 11.5 Å². The van der Waals surface area contributed by atoms with E-state index in [1.54, 1.807) is 0 Å². The Balaban J connectivity index is 2.41. The van der Waals surface area contributed by atoms with Crippen molar-refractivity contribution in [3.63, 3.8) is 0 Å². The van der Waals surface area contributed by atoms with Crippen molar-refractivity contribution < 1.29 is 9.47 Å². The second-order valence-electron chi connectivity index (χ2n) is 4.67. The molecule has 108 valence electrons. The Kier molecular flexibility index (Phi) is 8.07. The molecule has 0 spiro atoms. The third-order valence-electron chi connectivity index (χ3n) is 2.85. The maximum Gasteiger partial charge on any atom is 0.120 e. The molecule has 0 radical (unpaired) electrons. The SMILES string of the molecule is CCCNCC(CC)Oc1ccc(OCCC)cc1. The molecule has 0 fully saturated rings. The fourth-order valence-corrected chi connectivity index (χ4v) is 1.74. The molecule has 1 rings (SSSR count). The van der Waals surface area contributed by atoms with Gasteiger partial charge in [-0.25, -0.2) is 0 Å². The van der Waals surface area contributed by atoms with Crippen LogP contribution < -0.4 is 14.8 Å². The number of rotatable bonds is 10. The Bertz CT molecular complexity index is 324. The zero-order valence-corrected chi connectivity index (χ0v) is 12.4. The molecule has 0 amide bonds. The highest BCUT2D eigenvalue weighted by atomic mass is 16.5. The first-order chi connectivity index (χ1) is 9.30. The van der Waals surface area contributed by atoms with Crippen LogP contribution in [0.15, 0.2) is 24.3 Å². The predicted molar refractivity (Wildman–Crippen MR) is 80.1 cm³/mol. The monoisotopic (exact) mass is 265 g/mol. The van der Waals surface area contributed by atoms with Crippen LogP contribution in [0.1, 0.15) is 40.0 Å². The lowest BCUT2D eigenvalue weighted by Crippen LogP contribution is -2.31. The lowest BCUT2D eigenvalue weighted by Gasteiger charge is -2.18. The molecule has 0 aromatic heterocycles. The van der Waals surface area contributed by atoms with Gasteiger partial charge in [0.05, 0.1) is 6.61 Å². The standard InChI is InChI=1S/C16H27NO2/c1-4-11-17-13-14(6-3)19-16-9-7-15(8-10-16)18-12-5-2/h7-10,14,17H,4-6,11-13H2,1-3H3. The summed E-state index contributed by atoms with van der Waals surface area (Å²) in [6.45, 7) is 9.13. The van der Waals surface area contributed by atoms with Crippen LogP contribution in [-0.2, 0) is 0 Å². The van der Waals surface area contributed by atoms with Crippen molar-refractivity contribution in [1.29, 1.82) is 0 Å². The molecule has 1 unspecified atom stereocenters. The molecule has 1 aromatic rings. The third-order valence-corrected chi connectivity index (χ3v) is 2.85. The van der Waals surface area contributed by atoms with E-state index in [0.29, 0.717) is 0 Å². The van der Waals surface area contributed by atoms with E-state index >= 15 is 0 Å². The molecule has 1 N–H and O–H groups in total. The molecular weight excluding hydrogens is 238 g/mol. The Morgan fingerprint density at radius 1 is 1.00 bits per heavy atom. The van der Waals surface area contributed by atoms with Gasteiger partial charge in [-0.1, -0.05) is 20.8 Å². The molecule has 0 aliphatic heterocycles. The van der Waals surface area contributed by atoms with Gasteiger partial charge in [-0.05, 0) is 50.1 Å². The topological polar surface area (TPSA) is 30.5 Å². The molecule has 0 saturated carbocycles. The summed E-state index contributed by atoms with van der Waals surface area (Å²) >= 11 is 0. The van der Waals surface area contributed by atoms with Gasteiger partial charge >= 0.3 is 0 Å². The largest absolute Gasteiger partial charge is 0.494 e. The summed E-state index contributed by atoms with van der Waals surface area (Å²) in [5.74, 6) is 1.82. The zero-order chi connectivity index (χ0) is 13.9. The van der Waals surface area contributed by atoms with E-state index in [1.807, 2.05) is 24.3 Å². The number of hydrogen-bond acceptors (Lipinski definition) is 3. The maximum absolute atomic E-state index is 5.95. The molecule has 0 aliphatic rings. The van der Waals surface area contributed by atoms with E-state index in [9.17, 15) is 0 Å². The number of nitrogens with one attached hydrogen (secondary N) is 1. The fraction of sp³-hybridized carbons (Fsp3) is 0.625. The Morgan fingerprint density at radius 2 is 1.68 bits per heavy atom. The van der Waals surface area contributed by atoms with Gasteiger partial charge < -0.3 is 14.8 Å². The van der Waals surface area contributed by atoms with Crippen molar-refractivity contribution >= 4 is 0 Å². The smallest absolute Gasteiger partial charge is 0.120 e. The summed E-state index contributed by atoms with van der Waals surface area (Å²) in [6, 6.07) is 7.90. The summed E-state index contributed by atoms with van der Waals surface area (Å²) in [7, 11) is 0. The molecule has 0 aliphatic carbocycles. The van der Waals surface area contributed by atoms with Crippen molar-refractivity contribution in [2.45, 2.75) is 46.1 Å². The van der Waals surface area contributed by atoms with E-state index in [1.165, 1.54) is 0 Å². The second-order valence-corrected chi connectivity index (χ2v) is 4.67. The number of benzene rings is 1. The molecule has 3 nitrogen and oxygen atoms in total. The quantitative estimate of drug-likeness (QED) is 0.655. The average molecular weight is 265 g/mol. The lowest BCUT2D eigenvalue weighted by molar-refractivity contribution is 0.193. The Labute approximate surface area is 117 Å². The van der Waals surface area contributed by atoms with E-state index in [0.717, 1.165) is 50.5 Å². The first-order valence-corrected chi connectivity index (χ1v) is 7.40. The first kappa shape index (κ1) is 15.8. The van der Waals surface area contributed by atoms with Crippen LogP contribution in [-0.4, -0.2) is 25.8 Å². The summed E-state index contributed by atoms with van der Waals surface area (Å²) in [5, 5.41) is 3.40. The predicted octanol–water partition coefficient (Wildman–Crippen LogP) is 3.63. The lowest BCUT2D eigenvalue weighted by atomic mass is 10.2. The van der Waals surface area contributed by atoms with Crippen LogP contribution in [0, 0.1) is 0 Å². The zero-order valence-electron chi connectivity index (χ0n) is 12.4. The minimum atomic E-state index is 0.231. The van der Waals surface area contributed by atoms with E-state index in [4.69, 9.17) is 9.47 Å². The van der Waals surface area contributed by atoms with Gasteiger partial charge in [0.25, 0.3) is 0 Å². The maximum atomic E-state index is 5.95. The summed E-state index contributed by atoms with van der Waals surface area (Å²) in [5.41, 5.74) is 0. The van der Waals surface area contributed by atoms with Crippen LogP contribution >= 0.6 is 0 Å². The van der Waals surface area contributed by atoms with Crippen molar-refractivity contribution in [2.24, 2.45) is 0 Å². The van der Waals surface area contributed by atoms with Gasteiger partial charge in [-0.2, -0.15) is 0 Å². The molecule has 1 atom stereocenters.